The van der Waals surface area contributed by atoms with Gasteiger partial charge in [-0.25, -0.2) is 9.59 Å². The summed E-state index contributed by atoms with van der Waals surface area (Å²) in [6, 6.07) is -0.795. The Balaban J connectivity index is 1.72. The van der Waals surface area contributed by atoms with Crippen LogP contribution in [0.4, 0.5) is 4.79 Å². The molecule has 3 N–H and O–H groups in total. The highest BCUT2D eigenvalue weighted by Crippen LogP contribution is 2.22. The third-order valence-electron chi connectivity index (χ3n) is 4.17. The minimum atomic E-state index is -1.02. The van der Waals surface area contributed by atoms with Crippen LogP contribution in [0.15, 0.2) is 0 Å². The Hall–Kier alpha value is -1.34. The van der Waals surface area contributed by atoms with Crippen molar-refractivity contribution < 1.29 is 19.4 Å². The molecule has 21 heavy (non-hydrogen) atoms. The smallest absolute Gasteiger partial charge is 0.326 e. The number of rotatable bonds is 5. The molecule has 0 saturated carbocycles. The second kappa shape index (κ2) is 7.09. The first kappa shape index (κ1) is 16.0. The number of morpholine rings is 1. The van der Waals surface area contributed by atoms with E-state index in [0.717, 1.165) is 19.7 Å². The lowest BCUT2D eigenvalue weighted by Crippen LogP contribution is -2.53. The van der Waals surface area contributed by atoms with E-state index < -0.39 is 18.0 Å². The second-order valence-corrected chi connectivity index (χ2v) is 6.16. The third-order valence-corrected chi connectivity index (χ3v) is 4.17. The van der Waals surface area contributed by atoms with E-state index in [4.69, 9.17) is 9.84 Å². The number of carboxylic acid groups (broad SMARTS) is 1. The first-order chi connectivity index (χ1) is 9.97. The number of ether oxygens (including phenoxy) is 1. The molecule has 7 heteroatoms. The standard InChI is InChI=1S/C14H25N3O4/c1-9(2)12(13(18)19)16-14(20)15-6-11-7-17-5-3-4-10(17)8-21-11/h9-12H,3-8H2,1-2H3,(H,18,19)(H2,15,16,20)/t10?,11?,12-/m1/s1. The minimum Gasteiger partial charge on any atom is -0.480 e. The lowest BCUT2D eigenvalue weighted by atomic mass is 10.1. The molecule has 2 aliphatic heterocycles. The number of amides is 2. The zero-order valence-corrected chi connectivity index (χ0v) is 12.7. The summed E-state index contributed by atoms with van der Waals surface area (Å²) in [7, 11) is 0. The van der Waals surface area contributed by atoms with Gasteiger partial charge >= 0.3 is 12.0 Å². The number of carbonyl (C=O) groups excluding carboxylic acids is 1. The third kappa shape index (κ3) is 4.31. The highest BCUT2D eigenvalue weighted by molar-refractivity contribution is 5.82. The summed E-state index contributed by atoms with van der Waals surface area (Å²) in [6.07, 6.45) is 2.38. The highest BCUT2D eigenvalue weighted by atomic mass is 16.5. The van der Waals surface area contributed by atoms with Crippen molar-refractivity contribution in [2.75, 3.05) is 26.2 Å². The Morgan fingerprint density at radius 2 is 2.19 bits per heavy atom. The second-order valence-electron chi connectivity index (χ2n) is 6.16. The summed E-state index contributed by atoms with van der Waals surface area (Å²) in [5.74, 6) is -1.18. The molecule has 0 aliphatic carbocycles. The van der Waals surface area contributed by atoms with Crippen molar-refractivity contribution in [1.82, 2.24) is 15.5 Å². The van der Waals surface area contributed by atoms with Gasteiger partial charge in [0.15, 0.2) is 0 Å². The van der Waals surface area contributed by atoms with Gasteiger partial charge in [-0.05, 0) is 25.3 Å². The molecule has 0 bridgehead atoms. The van der Waals surface area contributed by atoms with Crippen molar-refractivity contribution >= 4 is 12.0 Å². The molecule has 0 spiro atoms. The summed E-state index contributed by atoms with van der Waals surface area (Å²) < 4.78 is 5.74. The van der Waals surface area contributed by atoms with Crippen LogP contribution >= 0.6 is 0 Å². The van der Waals surface area contributed by atoms with E-state index >= 15 is 0 Å². The summed E-state index contributed by atoms with van der Waals surface area (Å²) in [6.45, 7) is 6.58. The molecule has 0 radical (unpaired) electrons. The Morgan fingerprint density at radius 1 is 1.43 bits per heavy atom. The number of nitrogens with one attached hydrogen (secondary N) is 2. The van der Waals surface area contributed by atoms with Crippen LogP contribution in [0.2, 0.25) is 0 Å². The summed E-state index contributed by atoms with van der Waals surface area (Å²) in [5.41, 5.74) is 0. The quantitative estimate of drug-likeness (QED) is 0.677. The van der Waals surface area contributed by atoms with Crippen LogP contribution < -0.4 is 10.6 Å². The Labute approximate surface area is 125 Å². The molecule has 0 aromatic rings. The van der Waals surface area contributed by atoms with Crippen LogP contribution in [0.1, 0.15) is 26.7 Å². The average molecular weight is 299 g/mol. The van der Waals surface area contributed by atoms with Gasteiger partial charge < -0.3 is 20.5 Å². The number of urea groups is 1. The van der Waals surface area contributed by atoms with E-state index in [9.17, 15) is 9.59 Å². The average Bonchev–Trinajstić information content (AvgIpc) is 2.89. The molecule has 2 saturated heterocycles. The summed E-state index contributed by atoms with van der Waals surface area (Å²) in [4.78, 5) is 25.2. The molecule has 2 amide bonds. The van der Waals surface area contributed by atoms with Gasteiger partial charge in [-0.1, -0.05) is 13.8 Å². The van der Waals surface area contributed by atoms with E-state index in [0.29, 0.717) is 12.6 Å². The van der Waals surface area contributed by atoms with Crippen molar-refractivity contribution in [1.29, 1.82) is 0 Å². The fourth-order valence-corrected chi connectivity index (χ4v) is 2.92. The summed E-state index contributed by atoms with van der Waals surface area (Å²) >= 11 is 0. The highest BCUT2D eigenvalue weighted by Gasteiger charge is 2.32. The molecule has 0 aromatic carbocycles. The summed E-state index contributed by atoms with van der Waals surface area (Å²) in [5, 5.41) is 14.2. The number of nitrogens with zero attached hydrogens (tertiary/aromatic N) is 1. The lowest BCUT2D eigenvalue weighted by molar-refractivity contribution is -0.140. The van der Waals surface area contributed by atoms with Gasteiger partial charge in [-0.3, -0.25) is 4.90 Å². The predicted octanol–water partition coefficient (Wildman–Crippen LogP) is 0.258. The molecule has 0 aromatic heterocycles. The van der Waals surface area contributed by atoms with Crippen molar-refractivity contribution in [3.05, 3.63) is 0 Å². The molecule has 2 fully saturated rings. The van der Waals surface area contributed by atoms with Gasteiger partial charge in [0.25, 0.3) is 0 Å². The lowest BCUT2D eigenvalue weighted by Gasteiger charge is -2.35. The van der Waals surface area contributed by atoms with Gasteiger partial charge in [0, 0.05) is 19.1 Å². The van der Waals surface area contributed by atoms with Crippen molar-refractivity contribution in [2.45, 2.75) is 44.9 Å². The van der Waals surface area contributed by atoms with E-state index in [-0.39, 0.29) is 12.0 Å². The maximum absolute atomic E-state index is 11.8. The number of aliphatic carboxylic acids is 1. The zero-order valence-electron chi connectivity index (χ0n) is 12.7. The van der Waals surface area contributed by atoms with Crippen molar-refractivity contribution in [2.24, 2.45) is 5.92 Å². The SMILES string of the molecule is CC(C)[C@@H](NC(=O)NCC1CN2CCCC2CO1)C(=O)O. The van der Waals surface area contributed by atoms with Gasteiger partial charge in [0.1, 0.15) is 6.04 Å². The predicted molar refractivity (Wildman–Crippen MR) is 77.1 cm³/mol. The van der Waals surface area contributed by atoms with Crippen molar-refractivity contribution in [3.63, 3.8) is 0 Å². The topological polar surface area (TPSA) is 90.9 Å². The van der Waals surface area contributed by atoms with Gasteiger partial charge in [0.2, 0.25) is 0 Å². The van der Waals surface area contributed by atoms with Crippen LogP contribution in [0.25, 0.3) is 0 Å². The van der Waals surface area contributed by atoms with E-state index in [1.54, 1.807) is 13.8 Å². The largest absolute Gasteiger partial charge is 0.480 e. The van der Waals surface area contributed by atoms with Gasteiger partial charge in [0.05, 0.1) is 12.7 Å². The van der Waals surface area contributed by atoms with E-state index in [1.807, 2.05) is 0 Å². The van der Waals surface area contributed by atoms with E-state index in [1.165, 1.54) is 12.8 Å². The monoisotopic (exact) mass is 299 g/mol. The number of carboxylic acids is 1. The Morgan fingerprint density at radius 3 is 2.86 bits per heavy atom. The molecule has 7 nitrogen and oxygen atoms in total. The van der Waals surface area contributed by atoms with Crippen molar-refractivity contribution in [3.8, 4) is 0 Å². The van der Waals surface area contributed by atoms with Crippen LogP contribution in [0.3, 0.4) is 0 Å². The van der Waals surface area contributed by atoms with Crippen LogP contribution in [0, 0.1) is 5.92 Å². The molecular weight excluding hydrogens is 274 g/mol. The van der Waals surface area contributed by atoms with Crippen LogP contribution in [-0.4, -0.2) is 66.4 Å². The molecule has 2 heterocycles. The Kier molecular flexibility index (Phi) is 5.41. The Bertz CT molecular complexity index is 388. The first-order valence-electron chi connectivity index (χ1n) is 7.60. The zero-order chi connectivity index (χ0) is 15.4. The fraction of sp³-hybridized carbons (Fsp3) is 0.857. The maximum Gasteiger partial charge on any atom is 0.326 e. The van der Waals surface area contributed by atoms with Crippen LogP contribution in [-0.2, 0) is 9.53 Å². The van der Waals surface area contributed by atoms with Gasteiger partial charge in [-0.2, -0.15) is 0 Å². The van der Waals surface area contributed by atoms with Crippen LogP contribution in [0.5, 0.6) is 0 Å². The molecule has 120 valence electrons. The maximum atomic E-state index is 11.8. The fourth-order valence-electron chi connectivity index (χ4n) is 2.92. The van der Waals surface area contributed by atoms with E-state index in [2.05, 4.69) is 15.5 Å². The molecule has 2 unspecified atom stereocenters. The number of hydrogen-bond acceptors (Lipinski definition) is 4. The normalized spacial score (nSPS) is 27.2. The number of hydrogen-bond donors (Lipinski definition) is 3. The molecule has 3 atom stereocenters. The molecule has 2 rings (SSSR count). The minimum absolute atomic E-state index is 0.0209. The van der Waals surface area contributed by atoms with Gasteiger partial charge in [-0.15, -0.1) is 0 Å². The first-order valence-corrected chi connectivity index (χ1v) is 7.60. The number of fused-ring (bicyclic) bond motifs is 1. The molecule has 2 aliphatic rings. The molecular formula is C14H25N3O4. The number of carbonyl (C=O) groups is 2.